The lowest BCUT2D eigenvalue weighted by Gasteiger charge is -2.26. The lowest BCUT2D eigenvalue weighted by Crippen LogP contribution is -2.46. The van der Waals surface area contributed by atoms with Crippen molar-refractivity contribution in [2.75, 3.05) is 32.8 Å². The molecule has 4 nitrogen and oxygen atoms in total. The van der Waals surface area contributed by atoms with Gasteiger partial charge < -0.3 is 15.0 Å². The zero-order chi connectivity index (χ0) is 11.7. The summed E-state index contributed by atoms with van der Waals surface area (Å²) in [5.74, 6) is 0.409. The highest BCUT2D eigenvalue weighted by molar-refractivity contribution is 5.67. The minimum absolute atomic E-state index is 0.171. The summed E-state index contributed by atoms with van der Waals surface area (Å²) in [4.78, 5) is 13.1. The van der Waals surface area contributed by atoms with Gasteiger partial charge >= 0.3 is 6.09 Å². The van der Waals surface area contributed by atoms with Crippen molar-refractivity contribution >= 4 is 6.09 Å². The Labute approximate surface area is 93.0 Å². The van der Waals surface area contributed by atoms with Crippen LogP contribution < -0.4 is 5.32 Å². The number of nitrogens with zero attached hydrogens (tertiary/aromatic N) is 1. The van der Waals surface area contributed by atoms with Crippen molar-refractivity contribution in [1.82, 2.24) is 10.2 Å². The van der Waals surface area contributed by atoms with Gasteiger partial charge in [0.15, 0.2) is 0 Å². The quantitative estimate of drug-likeness (QED) is 0.764. The molecule has 15 heavy (non-hydrogen) atoms. The van der Waals surface area contributed by atoms with Crippen LogP contribution in [0.5, 0.6) is 0 Å². The maximum Gasteiger partial charge on any atom is 0.409 e. The first-order chi connectivity index (χ1) is 7.20. The van der Waals surface area contributed by atoms with Gasteiger partial charge in [-0.25, -0.2) is 4.79 Å². The molecule has 0 unspecified atom stereocenters. The largest absolute Gasteiger partial charge is 0.449 e. The third-order valence-electron chi connectivity index (χ3n) is 1.92. The van der Waals surface area contributed by atoms with Crippen LogP contribution in [0.2, 0.25) is 0 Å². The van der Waals surface area contributed by atoms with E-state index in [1.54, 1.807) is 4.90 Å². The van der Waals surface area contributed by atoms with Gasteiger partial charge in [0.25, 0.3) is 0 Å². The molecule has 0 bridgehead atoms. The lowest BCUT2D eigenvalue weighted by atomic mass is 10.2. The van der Waals surface area contributed by atoms with E-state index in [9.17, 15) is 4.79 Å². The Morgan fingerprint density at radius 3 is 2.33 bits per heavy atom. The summed E-state index contributed by atoms with van der Waals surface area (Å²) in [5, 5.41) is 3.19. The van der Waals surface area contributed by atoms with Crippen LogP contribution in [0, 0.1) is 5.92 Å². The Bertz CT molecular complexity index is 166. The molecule has 90 valence electrons. The molecule has 0 spiro atoms. The van der Waals surface area contributed by atoms with Gasteiger partial charge in [-0.15, -0.1) is 0 Å². The molecule has 1 N–H and O–H groups in total. The highest BCUT2D eigenvalue weighted by Gasteiger charge is 2.17. The molecule has 1 aliphatic rings. The highest BCUT2D eigenvalue weighted by atomic mass is 16.6. The van der Waals surface area contributed by atoms with Crippen LogP contribution >= 0.6 is 0 Å². The molecule has 1 saturated heterocycles. The van der Waals surface area contributed by atoms with Crippen molar-refractivity contribution in [3.63, 3.8) is 0 Å². The molecule has 0 atom stereocenters. The molecule has 0 radical (unpaired) electrons. The molecule has 0 aromatic carbocycles. The van der Waals surface area contributed by atoms with E-state index in [0.29, 0.717) is 12.5 Å². The average molecular weight is 216 g/mol. The maximum absolute atomic E-state index is 11.4. The molecule has 0 aromatic rings. The van der Waals surface area contributed by atoms with Crippen molar-refractivity contribution < 1.29 is 9.53 Å². The number of ether oxygens (including phenoxy) is 1. The number of amides is 1. The van der Waals surface area contributed by atoms with E-state index in [4.69, 9.17) is 4.74 Å². The molecule has 1 fully saturated rings. The third-order valence-corrected chi connectivity index (χ3v) is 1.92. The van der Waals surface area contributed by atoms with Crippen LogP contribution in [0.25, 0.3) is 0 Å². The SMILES string of the molecule is CC.CC(C)COC(=O)N1CCNCC1. The van der Waals surface area contributed by atoms with E-state index in [2.05, 4.69) is 5.32 Å². The highest BCUT2D eigenvalue weighted by Crippen LogP contribution is 1.99. The van der Waals surface area contributed by atoms with Gasteiger partial charge in [0, 0.05) is 26.2 Å². The molecule has 1 rings (SSSR count). The second-order valence-electron chi connectivity index (χ2n) is 3.71. The van der Waals surface area contributed by atoms with Crippen LogP contribution in [-0.2, 0) is 4.74 Å². The average Bonchev–Trinajstić information content (AvgIpc) is 2.30. The number of rotatable bonds is 2. The van der Waals surface area contributed by atoms with Gasteiger partial charge in [-0.2, -0.15) is 0 Å². The van der Waals surface area contributed by atoms with E-state index in [-0.39, 0.29) is 6.09 Å². The molecule has 1 heterocycles. The second-order valence-corrected chi connectivity index (χ2v) is 3.71. The van der Waals surface area contributed by atoms with E-state index in [1.165, 1.54) is 0 Å². The van der Waals surface area contributed by atoms with Crippen LogP contribution in [-0.4, -0.2) is 43.8 Å². The van der Waals surface area contributed by atoms with Gasteiger partial charge in [-0.05, 0) is 5.92 Å². The smallest absolute Gasteiger partial charge is 0.409 e. The fourth-order valence-corrected chi connectivity index (χ4v) is 1.18. The van der Waals surface area contributed by atoms with Gasteiger partial charge in [-0.3, -0.25) is 0 Å². The Balaban J connectivity index is 0.000000921. The first kappa shape index (κ1) is 14.2. The molecule has 0 aromatic heterocycles. The normalized spacial score (nSPS) is 15.7. The van der Waals surface area contributed by atoms with Crippen molar-refractivity contribution in [2.24, 2.45) is 5.92 Å². The molecule has 4 heteroatoms. The molecule has 1 amide bonds. The summed E-state index contributed by atoms with van der Waals surface area (Å²) in [6, 6.07) is 0. The maximum atomic E-state index is 11.4. The fraction of sp³-hybridized carbons (Fsp3) is 0.909. The Hall–Kier alpha value is -0.770. The molecule has 1 aliphatic heterocycles. The van der Waals surface area contributed by atoms with Gasteiger partial charge in [0.2, 0.25) is 0 Å². The zero-order valence-electron chi connectivity index (χ0n) is 10.4. The number of hydrogen-bond donors (Lipinski definition) is 1. The first-order valence-corrected chi connectivity index (χ1v) is 5.82. The van der Waals surface area contributed by atoms with Crippen molar-refractivity contribution in [1.29, 1.82) is 0 Å². The predicted octanol–water partition coefficient (Wildman–Crippen LogP) is 1.71. The van der Waals surface area contributed by atoms with E-state index in [1.807, 2.05) is 27.7 Å². The van der Waals surface area contributed by atoms with E-state index in [0.717, 1.165) is 26.2 Å². The summed E-state index contributed by atoms with van der Waals surface area (Å²) >= 11 is 0. The van der Waals surface area contributed by atoms with Gasteiger partial charge in [0.05, 0.1) is 6.61 Å². The summed E-state index contributed by atoms with van der Waals surface area (Å²) in [6.45, 7) is 11.8. The number of carbonyl (C=O) groups excluding carboxylic acids is 1. The van der Waals surface area contributed by atoms with Crippen molar-refractivity contribution in [3.05, 3.63) is 0 Å². The van der Waals surface area contributed by atoms with E-state index >= 15 is 0 Å². The third kappa shape index (κ3) is 6.33. The van der Waals surface area contributed by atoms with Gasteiger partial charge in [-0.1, -0.05) is 27.7 Å². The first-order valence-electron chi connectivity index (χ1n) is 5.82. The van der Waals surface area contributed by atoms with Crippen molar-refractivity contribution in [2.45, 2.75) is 27.7 Å². The van der Waals surface area contributed by atoms with Crippen molar-refractivity contribution in [3.8, 4) is 0 Å². The minimum atomic E-state index is -0.171. The predicted molar refractivity (Wildman–Crippen MR) is 62.0 cm³/mol. The van der Waals surface area contributed by atoms with Crippen LogP contribution in [0.1, 0.15) is 27.7 Å². The topological polar surface area (TPSA) is 41.6 Å². The second kappa shape index (κ2) is 8.53. The molecule has 0 saturated carbocycles. The lowest BCUT2D eigenvalue weighted by molar-refractivity contribution is 0.0879. The number of nitrogens with one attached hydrogen (secondary N) is 1. The zero-order valence-corrected chi connectivity index (χ0v) is 10.4. The Morgan fingerprint density at radius 2 is 1.87 bits per heavy atom. The van der Waals surface area contributed by atoms with Crippen LogP contribution in [0.3, 0.4) is 0 Å². The summed E-state index contributed by atoms with van der Waals surface area (Å²) in [5.41, 5.74) is 0. The summed E-state index contributed by atoms with van der Waals surface area (Å²) < 4.78 is 5.10. The molecular formula is C11H24N2O2. The Kier molecular flexibility index (Phi) is 8.09. The number of carbonyl (C=O) groups is 1. The fourth-order valence-electron chi connectivity index (χ4n) is 1.18. The van der Waals surface area contributed by atoms with Gasteiger partial charge in [0.1, 0.15) is 0 Å². The Morgan fingerprint density at radius 1 is 1.33 bits per heavy atom. The molecule has 0 aliphatic carbocycles. The standard InChI is InChI=1S/C9H18N2O2.C2H6/c1-8(2)7-13-9(12)11-5-3-10-4-6-11;1-2/h8,10H,3-7H2,1-2H3;1-2H3. The van der Waals surface area contributed by atoms with Crippen LogP contribution in [0.4, 0.5) is 4.79 Å². The minimum Gasteiger partial charge on any atom is -0.449 e. The van der Waals surface area contributed by atoms with Crippen LogP contribution in [0.15, 0.2) is 0 Å². The summed E-state index contributed by atoms with van der Waals surface area (Å²) in [6.07, 6.45) is -0.171. The number of piperazine rings is 1. The summed E-state index contributed by atoms with van der Waals surface area (Å²) in [7, 11) is 0. The monoisotopic (exact) mass is 216 g/mol. The number of hydrogen-bond acceptors (Lipinski definition) is 3. The van der Waals surface area contributed by atoms with E-state index < -0.39 is 0 Å². The molecular weight excluding hydrogens is 192 g/mol.